The minimum atomic E-state index is 0.360. The number of aromatic hydroxyl groups is 1. The minimum Gasteiger partial charge on any atom is -0.508 e. The first kappa shape index (κ1) is 11.9. The van der Waals surface area contributed by atoms with E-state index in [2.05, 4.69) is 26.1 Å². The third kappa shape index (κ3) is 3.15. The predicted octanol–water partition coefficient (Wildman–Crippen LogP) is 3.55. The number of phenolic OH excluding ortho intramolecular Hbond substituents is 1. The standard InChI is InChI=1S/C13H21NO/c1-5-12(9(2)3)14-11-7-6-10(4)13(15)8-11/h6-9,12,14-15H,5H2,1-4H3. The summed E-state index contributed by atoms with van der Waals surface area (Å²) in [5.74, 6) is 0.956. The average Bonchev–Trinajstić information content (AvgIpc) is 2.19. The molecule has 1 atom stereocenters. The van der Waals surface area contributed by atoms with Crippen molar-refractivity contribution in [3.63, 3.8) is 0 Å². The molecule has 0 amide bonds. The van der Waals surface area contributed by atoms with Crippen molar-refractivity contribution in [3.8, 4) is 5.75 Å². The average molecular weight is 207 g/mol. The first-order valence-corrected chi connectivity index (χ1v) is 5.60. The summed E-state index contributed by atoms with van der Waals surface area (Å²) in [7, 11) is 0. The van der Waals surface area contributed by atoms with Crippen molar-refractivity contribution in [2.45, 2.75) is 40.2 Å². The van der Waals surface area contributed by atoms with Crippen molar-refractivity contribution in [1.29, 1.82) is 0 Å². The molecule has 0 heterocycles. The fraction of sp³-hybridized carbons (Fsp3) is 0.538. The van der Waals surface area contributed by atoms with Gasteiger partial charge in [0.05, 0.1) is 0 Å². The molecule has 2 nitrogen and oxygen atoms in total. The van der Waals surface area contributed by atoms with Gasteiger partial charge < -0.3 is 10.4 Å². The first-order valence-electron chi connectivity index (χ1n) is 5.60. The molecule has 1 unspecified atom stereocenters. The Labute approximate surface area is 92.3 Å². The van der Waals surface area contributed by atoms with Crippen LogP contribution in [-0.2, 0) is 0 Å². The molecule has 84 valence electrons. The highest BCUT2D eigenvalue weighted by molar-refractivity contribution is 5.51. The van der Waals surface area contributed by atoms with E-state index in [1.165, 1.54) is 0 Å². The Morgan fingerprint density at radius 3 is 2.47 bits per heavy atom. The molecule has 0 spiro atoms. The summed E-state index contributed by atoms with van der Waals surface area (Å²) in [6, 6.07) is 6.21. The SMILES string of the molecule is CCC(Nc1ccc(C)c(O)c1)C(C)C. The number of phenols is 1. The van der Waals surface area contributed by atoms with Gasteiger partial charge in [0.2, 0.25) is 0 Å². The van der Waals surface area contributed by atoms with Crippen molar-refractivity contribution >= 4 is 5.69 Å². The number of rotatable bonds is 4. The lowest BCUT2D eigenvalue weighted by atomic mass is 10.0. The Kier molecular flexibility index (Phi) is 4.01. The molecule has 2 N–H and O–H groups in total. The number of aryl methyl sites for hydroxylation is 1. The van der Waals surface area contributed by atoms with Gasteiger partial charge in [0, 0.05) is 17.8 Å². The summed E-state index contributed by atoms with van der Waals surface area (Å²) < 4.78 is 0. The third-order valence-corrected chi connectivity index (χ3v) is 2.81. The maximum Gasteiger partial charge on any atom is 0.120 e. The maximum absolute atomic E-state index is 9.58. The molecule has 0 aliphatic carbocycles. The van der Waals surface area contributed by atoms with Crippen LogP contribution in [-0.4, -0.2) is 11.1 Å². The van der Waals surface area contributed by atoms with Gasteiger partial charge in [-0.1, -0.05) is 26.8 Å². The van der Waals surface area contributed by atoms with Crippen LogP contribution >= 0.6 is 0 Å². The maximum atomic E-state index is 9.58. The Hall–Kier alpha value is -1.18. The van der Waals surface area contributed by atoms with Gasteiger partial charge in [-0.05, 0) is 30.9 Å². The summed E-state index contributed by atoms with van der Waals surface area (Å²) in [6.07, 6.45) is 1.09. The van der Waals surface area contributed by atoms with Crippen LogP contribution in [0.3, 0.4) is 0 Å². The zero-order valence-corrected chi connectivity index (χ0v) is 10.0. The largest absolute Gasteiger partial charge is 0.508 e. The lowest BCUT2D eigenvalue weighted by Crippen LogP contribution is -2.24. The molecule has 0 aromatic heterocycles. The molecule has 1 aromatic carbocycles. The second kappa shape index (κ2) is 5.06. The summed E-state index contributed by atoms with van der Waals surface area (Å²) in [5, 5.41) is 13.0. The van der Waals surface area contributed by atoms with Gasteiger partial charge in [-0.25, -0.2) is 0 Å². The summed E-state index contributed by atoms with van der Waals surface area (Å²) >= 11 is 0. The quantitative estimate of drug-likeness (QED) is 0.791. The number of nitrogens with one attached hydrogen (secondary N) is 1. The summed E-state index contributed by atoms with van der Waals surface area (Å²) in [5.41, 5.74) is 1.91. The van der Waals surface area contributed by atoms with E-state index in [1.54, 1.807) is 6.07 Å². The number of benzene rings is 1. The topological polar surface area (TPSA) is 32.3 Å². The number of anilines is 1. The Balaban J connectivity index is 2.75. The smallest absolute Gasteiger partial charge is 0.120 e. The Bertz CT molecular complexity index is 320. The molecule has 0 radical (unpaired) electrons. The van der Waals surface area contributed by atoms with Crippen LogP contribution < -0.4 is 5.32 Å². The van der Waals surface area contributed by atoms with Crippen molar-refractivity contribution in [2.75, 3.05) is 5.32 Å². The van der Waals surface area contributed by atoms with Crippen LogP contribution in [0.25, 0.3) is 0 Å². The normalized spacial score (nSPS) is 12.9. The molecule has 1 aromatic rings. The van der Waals surface area contributed by atoms with Crippen molar-refractivity contribution in [3.05, 3.63) is 23.8 Å². The fourth-order valence-electron chi connectivity index (χ4n) is 1.65. The first-order chi connectivity index (χ1) is 7.04. The molecule has 0 aliphatic rings. The van der Waals surface area contributed by atoms with E-state index >= 15 is 0 Å². The molecule has 0 fully saturated rings. The Morgan fingerprint density at radius 2 is 2.00 bits per heavy atom. The number of hydrogen-bond acceptors (Lipinski definition) is 2. The summed E-state index contributed by atoms with van der Waals surface area (Å²) in [6.45, 7) is 8.48. The van der Waals surface area contributed by atoms with Crippen molar-refractivity contribution < 1.29 is 5.11 Å². The second-order valence-corrected chi connectivity index (χ2v) is 4.40. The molecule has 0 bridgehead atoms. The van der Waals surface area contributed by atoms with E-state index in [9.17, 15) is 5.11 Å². The molecule has 1 rings (SSSR count). The van der Waals surface area contributed by atoms with Crippen LogP contribution in [0.4, 0.5) is 5.69 Å². The van der Waals surface area contributed by atoms with Crippen molar-refractivity contribution in [2.24, 2.45) is 5.92 Å². The van der Waals surface area contributed by atoms with Gasteiger partial charge in [-0.2, -0.15) is 0 Å². The highest BCUT2D eigenvalue weighted by Gasteiger charge is 2.10. The van der Waals surface area contributed by atoms with E-state index in [1.807, 2.05) is 19.1 Å². The van der Waals surface area contributed by atoms with Gasteiger partial charge in [0.1, 0.15) is 5.75 Å². The van der Waals surface area contributed by atoms with E-state index in [-0.39, 0.29) is 0 Å². The number of hydrogen-bond donors (Lipinski definition) is 2. The molecular formula is C13H21NO. The third-order valence-electron chi connectivity index (χ3n) is 2.81. The molecule has 15 heavy (non-hydrogen) atoms. The molecular weight excluding hydrogens is 186 g/mol. The highest BCUT2D eigenvalue weighted by atomic mass is 16.3. The van der Waals surface area contributed by atoms with Gasteiger partial charge in [-0.3, -0.25) is 0 Å². The lowest BCUT2D eigenvalue weighted by molar-refractivity contribution is 0.470. The van der Waals surface area contributed by atoms with E-state index in [0.717, 1.165) is 17.7 Å². The van der Waals surface area contributed by atoms with Gasteiger partial charge in [-0.15, -0.1) is 0 Å². The fourth-order valence-corrected chi connectivity index (χ4v) is 1.65. The Morgan fingerprint density at radius 1 is 1.33 bits per heavy atom. The zero-order valence-electron chi connectivity index (χ0n) is 10.0. The van der Waals surface area contributed by atoms with E-state index in [0.29, 0.717) is 17.7 Å². The highest BCUT2D eigenvalue weighted by Crippen LogP contribution is 2.22. The molecule has 2 heteroatoms. The van der Waals surface area contributed by atoms with Crippen LogP contribution in [0.5, 0.6) is 5.75 Å². The minimum absolute atomic E-state index is 0.360. The molecule has 0 saturated carbocycles. The van der Waals surface area contributed by atoms with Gasteiger partial charge >= 0.3 is 0 Å². The molecule has 0 saturated heterocycles. The van der Waals surface area contributed by atoms with Crippen LogP contribution in [0.15, 0.2) is 18.2 Å². The monoisotopic (exact) mass is 207 g/mol. The van der Waals surface area contributed by atoms with Crippen molar-refractivity contribution in [1.82, 2.24) is 0 Å². The second-order valence-electron chi connectivity index (χ2n) is 4.40. The molecule has 0 aliphatic heterocycles. The summed E-state index contributed by atoms with van der Waals surface area (Å²) in [4.78, 5) is 0. The van der Waals surface area contributed by atoms with E-state index < -0.39 is 0 Å². The predicted molar refractivity (Wildman–Crippen MR) is 65.4 cm³/mol. The van der Waals surface area contributed by atoms with Gasteiger partial charge in [0.25, 0.3) is 0 Å². The van der Waals surface area contributed by atoms with Crippen LogP contribution in [0.2, 0.25) is 0 Å². The zero-order chi connectivity index (χ0) is 11.4. The van der Waals surface area contributed by atoms with Gasteiger partial charge in [0.15, 0.2) is 0 Å². The van der Waals surface area contributed by atoms with Crippen LogP contribution in [0.1, 0.15) is 32.8 Å². The van der Waals surface area contributed by atoms with E-state index in [4.69, 9.17) is 0 Å². The lowest BCUT2D eigenvalue weighted by Gasteiger charge is -2.22. The van der Waals surface area contributed by atoms with Crippen LogP contribution in [0, 0.1) is 12.8 Å².